The summed E-state index contributed by atoms with van der Waals surface area (Å²) in [7, 11) is 0. The van der Waals surface area contributed by atoms with Crippen LogP contribution in [-0.4, -0.2) is 49.7 Å². The molecule has 4 nitrogen and oxygen atoms in total. The Morgan fingerprint density at radius 1 is 0.950 bits per heavy atom. The highest BCUT2D eigenvalue weighted by Crippen LogP contribution is 2.41. The molecule has 0 spiro atoms. The van der Waals surface area contributed by atoms with Gasteiger partial charge < -0.3 is 10.2 Å². The Kier molecular flexibility index (Phi) is 11.6. The van der Waals surface area contributed by atoms with Crippen molar-refractivity contribution in [1.29, 1.82) is 0 Å². The molecule has 20 heavy (non-hydrogen) atoms. The fourth-order valence-corrected chi connectivity index (χ4v) is 4.91. The van der Waals surface area contributed by atoms with Gasteiger partial charge >= 0.3 is 11.9 Å². The second-order valence-corrected chi connectivity index (χ2v) is 9.01. The van der Waals surface area contributed by atoms with Crippen molar-refractivity contribution in [3.63, 3.8) is 0 Å². The second kappa shape index (κ2) is 11.6. The second-order valence-electron chi connectivity index (χ2n) is 4.57. The first-order valence-corrected chi connectivity index (χ1v) is 9.96. The van der Waals surface area contributed by atoms with E-state index in [0.29, 0.717) is 11.5 Å². The predicted octanol–water partition coefficient (Wildman–Crippen LogP) is 3.65. The minimum Gasteiger partial charge on any atom is -0.481 e. The molecular weight excluding hydrogens is 316 g/mol. The van der Waals surface area contributed by atoms with Gasteiger partial charge in [0.2, 0.25) is 0 Å². The maximum absolute atomic E-state index is 10.6. The smallest absolute Gasteiger partial charge is 0.304 e. The van der Waals surface area contributed by atoms with Crippen LogP contribution in [0.1, 0.15) is 39.0 Å². The molecule has 0 aliphatic heterocycles. The molecule has 0 heterocycles. The van der Waals surface area contributed by atoms with E-state index in [1.54, 1.807) is 23.5 Å². The van der Waals surface area contributed by atoms with E-state index in [9.17, 15) is 9.59 Å². The van der Waals surface area contributed by atoms with E-state index >= 15 is 0 Å². The van der Waals surface area contributed by atoms with Crippen LogP contribution in [0.3, 0.4) is 0 Å². The monoisotopic (exact) mass is 340 g/mol. The average molecular weight is 341 g/mol. The number of unbranched alkanes of at least 4 members (excludes halogenated alkanes) is 1. The molecule has 0 unspecified atom stereocenters. The minimum absolute atomic E-state index is 0.0801. The number of hydrogen-bond acceptors (Lipinski definition) is 5. The van der Waals surface area contributed by atoms with Crippen LogP contribution in [0.4, 0.5) is 0 Å². The van der Waals surface area contributed by atoms with Gasteiger partial charge in [0.15, 0.2) is 0 Å². The van der Waals surface area contributed by atoms with Crippen LogP contribution in [0, 0.1) is 0 Å². The Morgan fingerprint density at radius 2 is 1.45 bits per heavy atom. The molecule has 0 saturated heterocycles. The quantitative estimate of drug-likeness (QED) is 0.391. The first-order chi connectivity index (χ1) is 9.39. The zero-order chi connectivity index (χ0) is 15.4. The summed E-state index contributed by atoms with van der Waals surface area (Å²) in [6.45, 7) is 2.10. The van der Waals surface area contributed by atoms with Gasteiger partial charge in [0, 0.05) is 11.5 Å². The van der Waals surface area contributed by atoms with Crippen LogP contribution >= 0.6 is 35.3 Å². The largest absolute Gasteiger partial charge is 0.481 e. The number of aliphatic carboxylic acids is 2. The molecule has 0 aliphatic carbocycles. The SMILES string of the molecule is CSCCCCC(C)(SCCC(=O)O)SCCC(=O)O. The Balaban J connectivity index is 4.18. The van der Waals surface area contributed by atoms with E-state index in [2.05, 4.69) is 13.2 Å². The summed E-state index contributed by atoms with van der Waals surface area (Å²) in [5, 5.41) is 17.4. The molecule has 0 aliphatic rings. The molecule has 0 aromatic rings. The molecule has 0 saturated carbocycles. The number of carbonyl (C=O) groups is 2. The molecule has 118 valence electrons. The van der Waals surface area contributed by atoms with Crippen LogP contribution in [0.5, 0.6) is 0 Å². The Labute approximate surface area is 133 Å². The Bertz CT molecular complexity index is 277. The molecule has 0 rings (SSSR count). The fourth-order valence-electron chi connectivity index (χ4n) is 1.59. The minimum atomic E-state index is -0.780. The molecule has 0 bridgehead atoms. The van der Waals surface area contributed by atoms with Crippen molar-refractivity contribution in [2.45, 2.75) is 43.1 Å². The summed E-state index contributed by atoms with van der Waals surface area (Å²) in [6, 6.07) is 0. The maximum atomic E-state index is 10.6. The summed E-state index contributed by atoms with van der Waals surface area (Å²) in [5.74, 6) is 0.731. The third-order valence-corrected chi connectivity index (χ3v) is 6.53. The molecule has 0 aromatic carbocycles. The first kappa shape index (κ1) is 20.0. The summed E-state index contributed by atoms with van der Waals surface area (Å²) >= 11 is 5.12. The summed E-state index contributed by atoms with van der Waals surface area (Å²) in [5.41, 5.74) is 0. The lowest BCUT2D eigenvalue weighted by molar-refractivity contribution is -0.137. The van der Waals surface area contributed by atoms with Crippen LogP contribution < -0.4 is 0 Å². The molecule has 2 N–H and O–H groups in total. The van der Waals surface area contributed by atoms with Crippen molar-refractivity contribution in [3.8, 4) is 0 Å². The van der Waals surface area contributed by atoms with Crippen LogP contribution in [0.15, 0.2) is 0 Å². The van der Waals surface area contributed by atoms with Crippen molar-refractivity contribution in [1.82, 2.24) is 0 Å². The number of thioether (sulfide) groups is 3. The van der Waals surface area contributed by atoms with Gasteiger partial charge in [-0.25, -0.2) is 0 Å². The third kappa shape index (κ3) is 11.8. The van der Waals surface area contributed by atoms with Gasteiger partial charge in [-0.1, -0.05) is 6.42 Å². The van der Waals surface area contributed by atoms with Gasteiger partial charge in [-0.15, -0.1) is 23.5 Å². The van der Waals surface area contributed by atoms with Crippen LogP contribution in [0.25, 0.3) is 0 Å². The number of rotatable bonds is 13. The maximum Gasteiger partial charge on any atom is 0.304 e. The van der Waals surface area contributed by atoms with Crippen molar-refractivity contribution in [2.75, 3.05) is 23.5 Å². The van der Waals surface area contributed by atoms with E-state index in [-0.39, 0.29) is 16.9 Å². The third-order valence-electron chi connectivity index (χ3n) is 2.68. The van der Waals surface area contributed by atoms with E-state index in [1.165, 1.54) is 0 Å². The number of carboxylic acids is 2. The lowest BCUT2D eigenvalue weighted by Gasteiger charge is -2.28. The van der Waals surface area contributed by atoms with Crippen LogP contribution in [0.2, 0.25) is 0 Å². The van der Waals surface area contributed by atoms with Gasteiger partial charge in [-0.2, -0.15) is 11.8 Å². The van der Waals surface area contributed by atoms with E-state index in [0.717, 1.165) is 25.0 Å². The highest BCUT2D eigenvalue weighted by Gasteiger charge is 2.25. The predicted molar refractivity (Wildman–Crippen MR) is 90.1 cm³/mol. The van der Waals surface area contributed by atoms with E-state index in [4.69, 9.17) is 10.2 Å². The summed E-state index contributed by atoms with van der Waals surface area (Å²) in [4.78, 5) is 21.2. The number of hydrogen-bond donors (Lipinski definition) is 2. The fraction of sp³-hybridized carbons (Fsp3) is 0.846. The summed E-state index contributed by atoms with van der Waals surface area (Å²) < 4.78 is -0.0801. The van der Waals surface area contributed by atoms with Gasteiger partial charge in [0.25, 0.3) is 0 Å². The number of carboxylic acid groups (broad SMARTS) is 2. The van der Waals surface area contributed by atoms with Gasteiger partial charge in [-0.05, 0) is 31.8 Å². The lowest BCUT2D eigenvalue weighted by atomic mass is 10.2. The molecule has 7 heteroatoms. The average Bonchev–Trinajstić information content (AvgIpc) is 2.34. The van der Waals surface area contributed by atoms with Gasteiger partial charge in [0.05, 0.1) is 16.9 Å². The zero-order valence-corrected chi connectivity index (χ0v) is 14.5. The van der Waals surface area contributed by atoms with E-state index in [1.807, 2.05) is 11.8 Å². The highest BCUT2D eigenvalue weighted by atomic mass is 32.2. The molecule has 0 fully saturated rings. The van der Waals surface area contributed by atoms with Crippen LogP contribution in [-0.2, 0) is 9.59 Å². The van der Waals surface area contributed by atoms with E-state index < -0.39 is 11.9 Å². The van der Waals surface area contributed by atoms with Crippen molar-refractivity contribution >= 4 is 47.2 Å². The molecule has 0 radical (unpaired) electrons. The van der Waals surface area contributed by atoms with Crippen molar-refractivity contribution < 1.29 is 19.8 Å². The first-order valence-electron chi connectivity index (χ1n) is 6.60. The topological polar surface area (TPSA) is 74.6 Å². The van der Waals surface area contributed by atoms with Gasteiger partial charge in [0.1, 0.15) is 0 Å². The van der Waals surface area contributed by atoms with Crippen molar-refractivity contribution in [3.05, 3.63) is 0 Å². The van der Waals surface area contributed by atoms with Gasteiger partial charge in [-0.3, -0.25) is 9.59 Å². The zero-order valence-electron chi connectivity index (χ0n) is 12.1. The lowest BCUT2D eigenvalue weighted by Crippen LogP contribution is -2.18. The normalized spacial score (nSPS) is 11.5. The molecule has 0 atom stereocenters. The highest BCUT2D eigenvalue weighted by molar-refractivity contribution is 8.18. The molecular formula is C13H24O4S3. The van der Waals surface area contributed by atoms with Crippen molar-refractivity contribution in [2.24, 2.45) is 0 Å². The molecule has 0 aromatic heterocycles. The Morgan fingerprint density at radius 3 is 1.85 bits per heavy atom. The molecule has 0 amide bonds. The Hall–Kier alpha value is -0.0100. The standard InChI is InChI=1S/C13H24O4S3/c1-13(7-3-4-8-18-2,19-9-5-11(14)15)20-10-6-12(16)17/h3-10H2,1-2H3,(H,14,15)(H,16,17). The summed E-state index contributed by atoms with van der Waals surface area (Å²) in [6.07, 6.45) is 5.63.